The highest BCUT2D eigenvalue weighted by molar-refractivity contribution is 7.89. The van der Waals surface area contributed by atoms with E-state index in [1.165, 1.54) is 4.31 Å². The van der Waals surface area contributed by atoms with Crippen LogP contribution in [0.2, 0.25) is 0 Å². The standard InChI is InChI=1S/C15H26N2O2S/c1-6-15(3,4)17(5)20(18,19)14-10-8-13(9-11-14)12-16-7-2/h8-11,16H,6-7,12H2,1-5H3. The summed E-state index contributed by atoms with van der Waals surface area (Å²) in [4.78, 5) is 0.349. The van der Waals surface area contributed by atoms with Crippen LogP contribution in [0.1, 0.15) is 39.7 Å². The number of sulfonamides is 1. The Hall–Kier alpha value is -0.910. The van der Waals surface area contributed by atoms with Gasteiger partial charge in [-0.1, -0.05) is 26.0 Å². The van der Waals surface area contributed by atoms with Gasteiger partial charge in [0.15, 0.2) is 0 Å². The van der Waals surface area contributed by atoms with Gasteiger partial charge in [-0.15, -0.1) is 0 Å². The monoisotopic (exact) mass is 298 g/mol. The number of benzene rings is 1. The van der Waals surface area contributed by atoms with Gasteiger partial charge >= 0.3 is 0 Å². The molecule has 0 aliphatic carbocycles. The van der Waals surface area contributed by atoms with Crippen LogP contribution >= 0.6 is 0 Å². The average molecular weight is 298 g/mol. The maximum absolute atomic E-state index is 12.6. The second-order valence-corrected chi connectivity index (χ2v) is 7.53. The Labute approximate surface area is 123 Å². The van der Waals surface area contributed by atoms with Crippen molar-refractivity contribution in [3.63, 3.8) is 0 Å². The summed E-state index contributed by atoms with van der Waals surface area (Å²) in [5.41, 5.74) is 0.699. The normalized spacial score (nSPS) is 12.9. The lowest BCUT2D eigenvalue weighted by molar-refractivity contribution is 0.257. The van der Waals surface area contributed by atoms with Crippen molar-refractivity contribution in [2.24, 2.45) is 0 Å². The molecule has 0 aliphatic heterocycles. The minimum Gasteiger partial charge on any atom is -0.313 e. The van der Waals surface area contributed by atoms with Gasteiger partial charge in [0.2, 0.25) is 10.0 Å². The highest BCUT2D eigenvalue weighted by Gasteiger charge is 2.32. The summed E-state index contributed by atoms with van der Waals surface area (Å²) >= 11 is 0. The van der Waals surface area contributed by atoms with Crippen LogP contribution in [0.15, 0.2) is 29.2 Å². The highest BCUT2D eigenvalue weighted by atomic mass is 32.2. The minimum absolute atomic E-state index is 0.349. The fourth-order valence-electron chi connectivity index (χ4n) is 1.75. The fourth-order valence-corrected chi connectivity index (χ4v) is 3.33. The Morgan fingerprint density at radius 2 is 1.70 bits per heavy atom. The lowest BCUT2D eigenvalue weighted by Crippen LogP contribution is -2.44. The Balaban J connectivity index is 2.99. The van der Waals surface area contributed by atoms with Crippen LogP contribution in [-0.2, 0) is 16.6 Å². The van der Waals surface area contributed by atoms with Crippen LogP contribution in [0.5, 0.6) is 0 Å². The molecule has 1 aromatic carbocycles. The van der Waals surface area contributed by atoms with Gasteiger partial charge in [-0.2, -0.15) is 4.31 Å². The Bertz CT molecular complexity index is 521. The molecule has 5 heteroatoms. The van der Waals surface area contributed by atoms with Crippen molar-refractivity contribution in [3.05, 3.63) is 29.8 Å². The molecule has 0 unspecified atom stereocenters. The number of rotatable bonds is 7. The summed E-state index contributed by atoms with van der Waals surface area (Å²) in [6, 6.07) is 7.10. The third-order valence-electron chi connectivity index (χ3n) is 3.88. The summed E-state index contributed by atoms with van der Waals surface area (Å²) in [6.45, 7) is 9.56. The van der Waals surface area contributed by atoms with Crippen LogP contribution in [0.4, 0.5) is 0 Å². The molecule has 0 radical (unpaired) electrons. The van der Waals surface area contributed by atoms with Crippen molar-refractivity contribution in [1.82, 2.24) is 9.62 Å². The maximum Gasteiger partial charge on any atom is 0.243 e. The first-order valence-electron chi connectivity index (χ1n) is 7.04. The molecule has 1 N–H and O–H groups in total. The molecule has 0 spiro atoms. The Morgan fingerprint density at radius 3 is 2.15 bits per heavy atom. The van der Waals surface area contributed by atoms with E-state index in [2.05, 4.69) is 5.32 Å². The molecular formula is C15H26N2O2S. The van der Waals surface area contributed by atoms with Crippen molar-refractivity contribution in [2.45, 2.75) is 51.1 Å². The smallest absolute Gasteiger partial charge is 0.243 e. The second-order valence-electron chi connectivity index (χ2n) is 5.56. The Kier molecular flexibility index (Phi) is 5.74. The van der Waals surface area contributed by atoms with Crippen molar-refractivity contribution in [3.8, 4) is 0 Å². The van der Waals surface area contributed by atoms with Gasteiger partial charge in [0.1, 0.15) is 0 Å². The summed E-state index contributed by atoms with van der Waals surface area (Å²) < 4.78 is 26.6. The van der Waals surface area contributed by atoms with Gasteiger partial charge in [0, 0.05) is 19.1 Å². The summed E-state index contributed by atoms with van der Waals surface area (Å²) in [5, 5.41) is 3.22. The average Bonchev–Trinajstić information content (AvgIpc) is 2.44. The molecule has 0 saturated carbocycles. The van der Waals surface area contributed by atoms with Crippen molar-refractivity contribution in [1.29, 1.82) is 0 Å². The molecule has 0 bridgehead atoms. The van der Waals surface area contributed by atoms with E-state index in [1.54, 1.807) is 19.2 Å². The van der Waals surface area contributed by atoms with E-state index in [9.17, 15) is 8.42 Å². The van der Waals surface area contributed by atoms with Crippen LogP contribution in [-0.4, -0.2) is 31.9 Å². The molecule has 114 valence electrons. The van der Waals surface area contributed by atoms with Gasteiger partial charge in [0.25, 0.3) is 0 Å². The quantitative estimate of drug-likeness (QED) is 0.842. The molecule has 4 nitrogen and oxygen atoms in total. The van der Waals surface area contributed by atoms with Gasteiger partial charge in [-0.25, -0.2) is 8.42 Å². The molecule has 0 atom stereocenters. The van der Waals surface area contributed by atoms with Crippen LogP contribution in [0.3, 0.4) is 0 Å². The molecule has 0 aliphatic rings. The molecule has 0 fully saturated rings. The lowest BCUT2D eigenvalue weighted by atomic mass is 10.0. The van der Waals surface area contributed by atoms with Gasteiger partial charge in [0.05, 0.1) is 4.90 Å². The fraction of sp³-hybridized carbons (Fsp3) is 0.600. The first-order chi connectivity index (χ1) is 9.25. The highest BCUT2D eigenvalue weighted by Crippen LogP contribution is 2.25. The lowest BCUT2D eigenvalue weighted by Gasteiger charge is -2.33. The van der Waals surface area contributed by atoms with Crippen LogP contribution < -0.4 is 5.32 Å². The predicted octanol–water partition coefficient (Wildman–Crippen LogP) is 2.61. The third kappa shape index (κ3) is 3.81. The number of nitrogens with one attached hydrogen (secondary N) is 1. The zero-order chi connectivity index (χ0) is 15.4. The van der Waals surface area contributed by atoms with E-state index >= 15 is 0 Å². The molecular weight excluding hydrogens is 272 g/mol. The van der Waals surface area contributed by atoms with E-state index in [4.69, 9.17) is 0 Å². The zero-order valence-electron chi connectivity index (χ0n) is 13.1. The summed E-state index contributed by atoms with van der Waals surface area (Å²) in [6.07, 6.45) is 0.765. The topological polar surface area (TPSA) is 49.4 Å². The molecule has 20 heavy (non-hydrogen) atoms. The van der Waals surface area contributed by atoms with Crippen LogP contribution in [0.25, 0.3) is 0 Å². The van der Waals surface area contributed by atoms with Crippen LogP contribution in [0, 0.1) is 0 Å². The summed E-state index contributed by atoms with van der Waals surface area (Å²) in [7, 11) is -1.79. The SMILES string of the molecule is CCNCc1ccc(S(=O)(=O)N(C)C(C)(C)CC)cc1. The number of nitrogens with zero attached hydrogens (tertiary/aromatic N) is 1. The molecule has 0 saturated heterocycles. The van der Waals surface area contributed by atoms with E-state index in [0.717, 1.165) is 25.1 Å². The summed E-state index contributed by atoms with van der Waals surface area (Å²) in [5.74, 6) is 0. The maximum atomic E-state index is 12.6. The number of hydrogen-bond donors (Lipinski definition) is 1. The van der Waals surface area contributed by atoms with Gasteiger partial charge in [-0.05, 0) is 44.5 Å². The zero-order valence-corrected chi connectivity index (χ0v) is 13.9. The molecule has 1 rings (SSSR count). The van der Waals surface area contributed by atoms with Crippen molar-refractivity contribution < 1.29 is 8.42 Å². The van der Waals surface area contributed by atoms with Crippen molar-refractivity contribution in [2.75, 3.05) is 13.6 Å². The first-order valence-corrected chi connectivity index (χ1v) is 8.48. The second kappa shape index (κ2) is 6.70. The molecule has 0 amide bonds. The largest absolute Gasteiger partial charge is 0.313 e. The Morgan fingerprint density at radius 1 is 1.15 bits per heavy atom. The molecule has 1 aromatic rings. The van der Waals surface area contributed by atoms with E-state index in [-0.39, 0.29) is 5.54 Å². The van der Waals surface area contributed by atoms with Gasteiger partial charge in [-0.3, -0.25) is 0 Å². The van der Waals surface area contributed by atoms with E-state index < -0.39 is 10.0 Å². The molecule has 0 heterocycles. The number of hydrogen-bond acceptors (Lipinski definition) is 3. The molecule has 0 aromatic heterocycles. The third-order valence-corrected chi connectivity index (χ3v) is 5.96. The van der Waals surface area contributed by atoms with Crippen molar-refractivity contribution >= 4 is 10.0 Å². The first kappa shape index (κ1) is 17.1. The van der Waals surface area contributed by atoms with E-state index in [1.807, 2.05) is 39.8 Å². The minimum atomic E-state index is -3.43. The van der Waals surface area contributed by atoms with E-state index in [0.29, 0.717) is 4.90 Å². The van der Waals surface area contributed by atoms with Gasteiger partial charge < -0.3 is 5.32 Å². The predicted molar refractivity (Wildman–Crippen MR) is 83.1 cm³/mol.